The van der Waals surface area contributed by atoms with Crippen LogP contribution in [0.5, 0.6) is 5.75 Å². The van der Waals surface area contributed by atoms with Gasteiger partial charge in [-0.3, -0.25) is 9.59 Å². The zero-order valence-electron chi connectivity index (χ0n) is 21.5. The fourth-order valence-electron chi connectivity index (χ4n) is 3.63. The summed E-state index contributed by atoms with van der Waals surface area (Å²) in [6, 6.07) is 13.3. The number of ether oxygens (including phenoxy) is 1. The van der Waals surface area contributed by atoms with Crippen molar-refractivity contribution in [2.45, 2.75) is 71.3 Å². The van der Waals surface area contributed by atoms with Gasteiger partial charge in [0.15, 0.2) is 0 Å². The lowest BCUT2D eigenvalue weighted by Gasteiger charge is -2.38. The molecule has 0 bridgehead atoms. The molecule has 0 heterocycles. The van der Waals surface area contributed by atoms with E-state index in [0.29, 0.717) is 12.0 Å². The Bertz CT molecular complexity index is 1030. The lowest BCUT2D eigenvalue weighted by atomic mass is 9.99. The zero-order chi connectivity index (χ0) is 26.9. The average molecular weight is 516 g/mol. The summed E-state index contributed by atoms with van der Waals surface area (Å²) in [6.45, 7) is 9.19. The maximum absolute atomic E-state index is 13.8. The molecule has 0 aliphatic carbocycles. The number of carbonyl (C=O) groups excluding carboxylic acids is 3. The van der Waals surface area contributed by atoms with Crippen molar-refractivity contribution in [1.29, 1.82) is 0 Å². The minimum absolute atomic E-state index is 0.00338. The van der Waals surface area contributed by atoms with Crippen molar-refractivity contribution in [2.24, 2.45) is 0 Å². The van der Waals surface area contributed by atoms with Crippen LogP contribution in [0.4, 0.5) is 4.79 Å². The van der Waals surface area contributed by atoms with Crippen LogP contribution in [-0.4, -0.2) is 51.4 Å². The van der Waals surface area contributed by atoms with Crippen LogP contribution in [0.25, 0.3) is 0 Å². The molecule has 0 saturated heterocycles. The third-order valence-corrected chi connectivity index (χ3v) is 5.88. The van der Waals surface area contributed by atoms with Gasteiger partial charge in [-0.1, -0.05) is 49.4 Å². The summed E-state index contributed by atoms with van der Waals surface area (Å²) in [4.78, 5) is 41.3. The number of hydrogen-bond donors (Lipinski definition) is 4. The van der Waals surface area contributed by atoms with Gasteiger partial charge in [0.2, 0.25) is 11.8 Å². The monoisotopic (exact) mass is 515 g/mol. The van der Waals surface area contributed by atoms with Gasteiger partial charge in [-0.25, -0.2) is 4.79 Å². The topological polar surface area (TPSA) is 108 Å². The Labute approximate surface area is 218 Å². The molecule has 8 nitrogen and oxygen atoms in total. The second-order valence-electron chi connectivity index (χ2n) is 9.59. The van der Waals surface area contributed by atoms with E-state index < -0.39 is 35.6 Å². The molecular formula is C27H37N3O5S. The van der Waals surface area contributed by atoms with Crippen molar-refractivity contribution in [3.05, 3.63) is 65.7 Å². The Hall–Kier alpha value is -3.20. The van der Waals surface area contributed by atoms with Gasteiger partial charge in [0, 0.05) is 18.3 Å². The minimum atomic E-state index is -1.05. The first-order valence-electron chi connectivity index (χ1n) is 12.0. The number of hydrogen-bond acceptors (Lipinski definition) is 6. The van der Waals surface area contributed by atoms with Crippen LogP contribution in [-0.2, 0) is 20.9 Å². The van der Waals surface area contributed by atoms with Gasteiger partial charge >= 0.3 is 6.09 Å². The van der Waals surface area contributed by atoms with Gasteiger partial charge < -0.3 is 25.4 Å². The molecule has 0 spiro atoms. The first kappa shape index (κ1) is 29.0. The van der Waals surface area contributed by atoms with E-state index in [2.05, 4.69) is 23.3 Å². The third kappa shape index (κ3) is 8.48. The number of benzene rings is 2. The van der Waals surface area contributed by atoms with Crippen LogP contribution in [0.3, 0.4) is 0 Å². The summed E-state index contributed by atoms with van der Waals surface area (Å²) >= 11 is 4.29. The number of carbonyl (C=O) groups is 3. The molecule has 3 unspecified atom stereocenters. The van der Waals surface area contributed by atoms with Crippen molar-refractivity contribution in [1.82, 2.24) is 15.5 Å². The van der Waals surface area contributed by atoms with Gasteiger partial charge in [0.05, 0.1) is 0 Å². The Morgan fingerprint density at radius 1 is 1.08 bits per heavy atom. The van der Waals surface area contributed by atoms with Crippen molar-refractivity contribution >= 4 is 30.5 Å². The van der Waals surface area contributed by atoms with Crippen molar-refractivity contribution < 1.29 is 24.2 Å². The first-order valence-corrected chi connectivity index (χ1v) is 12.6. The van der Waals surface area contributed by atoms with E-state index in [1.807, 2.05) is 44.2 Å². The fraction of sp³-hybridized carbons (Fsp3) is 0.444. The molecule has 0 radical (unpaired) electrons. The zero-order valence-corrected chi connectivity index (χ0v) is 22.4. The number of aromatic hydroxyl groups is 1. The number of phenolic OH excluding ortho intramolecular Hbond substituents is 1. The van der Waals surface area contributed by atoms with Crippen LogP contribution < -0.4 is 10.6 Å². The molecule has 0 aliphatic rings. The van der Waals surface area contributed by atoms with E-state index in [0.717, 1.165) is 5.56 Å². The summed E-state index contributed by atoms with van der Waals surface area (Å²) < 4.78 is 5.32. The number of phenols is 1. The van der Waals surface area contributed by atoms with E-state index in [1.165, 1.54) is 17.0 Å². The lowest BCUT2D eigenvalue weighted by Crippen LogP contribution is -2.56. The molecule has 0 aromatic heterocycles. The summed E-state index contributed by atoms with van der Waals surface area (Å²) in [5.41, 5.74) is 0.609. The molecule has 196 valence electrons. The van der Waals surface area contributed by atoms with E-state index in [-0.39, 0.29) is 24.1 Å². The third-order valence-electron chi connectivity index (χ3n) is 5.51. The fourth-order valence-corrected chi connectivity index (χ4v) is 3.87. The molecule has 2 aromatic carbocycles. The van der Waals surface area contributed by atoms with Crippen LogP contribution in [0.15, 0.2) is 54.6 Å². The average Bonchev–Trinajstić information content (AvgIpc) is 2.83. The number of nitrogens with one attached hydrogen (secondary N) is 2. The molecular weight excluding hydrogens is 478 g/mol. The molecule has 3 N–H and O–H groups in total. The Kier molecular flexibility index (Phi) is 10.6. The SMILES string of the molecule is CCC(C)N(C(=O)C(CS)NC(=O)OC(C)(C)C)C(C(=O)NCc1ccccc1)c1cccc(O)c1. The second-order valence-corrected chi connectivity index (χ2v) is 9.95. The van der Waals surface area contributed by atoms with E-state index in [4.69, 9.17) is 4.74 Å². The lowest BCUT2D eigenvalue weighted by molar-refractivity contribution is -0.144. The predicted octanol–water partition coefficient (Wildman–Crippen LogP) is 4.20. The molecule has 0 saturated carbocycles. The maximum Gasteiger partial charge on any atom is 0.408 e. The summed E-state index contributed by atoms with van der Waals surface area (Å²) in [5, 5.41) is 15.6. The van der Waals surface area contributed by atoms with Gasteiger partial charge in [-0.05, 0) is 57.4 Å². The highest BCUT2D eigenvalue weighted by atomic mass is 32.1. The number of alkyl carbamates (subject to hydrolysis) is 1. The van der Waals surface area contributed by atoms with Crippen LogP contribution in [0, 0.1) is 0 Å². The molecule has 2 rings (SSSR count). The van der Waals surface area contributed by atoms with Crippen molar-refractivity contribution in [3.63, 3.8) is 0 Å². The quantitative estimate of drug-likeness (QED) is 0.355. The highest BCUT2D eigenvalue weighted by Crippen LogP contribution is 2.28. The minimum Gasteiger partial charge on any atom is -0.508 e. The Morgan fingerprint density at radius 2 is 1.75 bits per heavy atom. The highest BCUT2D eigenvalue weighted by molar-refractivity contribution is 7.80. The van der Waals surface area contributed by atoms with Gasteiger partial charge in [0.1, 0.15) is 23.4 Å². The normalized spacial score (nSPS) is 13.7. The van der Waals surface area contributed by atoms with Crippen LogP contribution in [0.1, 0.15) is 58.2 Å². The Morgan fingerprint density at radius 3 is 2.31 bits per heavy atom. The predicted molar refractivity (Wildman–Crippen MR) is 143 cm³/mol. The van der Waals surface area contributed by atoms with Crippen LogP contribution >= 0.6 is 12.6 Å². The highest BCUT2D eigenvalue weighted by Gasteiger charge is 2.38. The van der Waals surface area contributed by atoms with E-state index in [9.17, 15) is 19.5 Å². The van der Waals surface area contributed by atoms with Crippen LogP contribution in [0.2, 0.25) is 0 Å². The molecule has 3 amide bonds. The molecule has 2 aromatic rings. The maximum atomic E-state index is 13.8. The van der Waals surface area contributed by atoms with Gasteiger partial charge in [0.25, 0.3) is 0 Å². The standard InChI is InChI=1S/C27H37N3O5S/c1-6-18(2)30(25(33)22(17-36)29-26(34)35-27(3,4)5)23(20-13-10-14-21(31)15-20)24(32)28-16-19-11-8-7-9-12-19/h7-15,18,22-23,31,36H,6,16-17H2,1-5H3,(H,28,32)(H,29,34). The molecule has 0 aliphatic heterocycles. The number of thiol groups is 1. The molecule has 9 heteroatoms. The molecule has 36 heavy (non-hydrogen) atoms. The van der Waals surface area contributed by atoms with Crippen molar-refractivity contribution in [3.8, 4) is 5.75 Å². The van der Waals surface area contributed by atoms with Gasteiger partial charge in [-0.15, -0.1) is 0 Å². The summed E-state index contributed by atoms with van der Waals surface area (Å²) in [5.74, 6) is -0.909. The number of nitrogens with zero attached hydrogens (tertiary/aromatic N) is 1. The molecule has 3 atom stereocenters. The second kappa shape index (κ2) is 13.2. The summed E-state index contributed by atoms with van der Waals surface area (Å²) in [7, 11) is 0. The van der Waals surface area contributed by atoms with E-state index >= 15 is 0 Å². The number of amides is 3. The number of rotatable bonds is 10. The van der Waals surface area contributed by atoms with Gasteiger partial charge in [-0.2, -0.15) is 12.6 Å². The van der Waals surface area contributed by atoms with Crippen molar-refractivity contribution in [2.75, 3.05) is 5.75 Å². The molecule has 0 fully saturated rings. The Balaban J connectivity index is 2.42. The summed E-state index contributed by atoms with van der Waals surface area (Å²) in [6.07, 6.45) is -0.194. The first-order chi connectivity index (χ1) is 17.0. The van der Waals surface area contributed by atoms with E-state index in [1.54, 1.807) is 32.9 Å². The smallest absolute Gasteiger partial charge is 0.408 e. The largest absolute Gasteiger partial charge is 0.508 e.